The Morgan fingerprint density at radius 2 is 1.65 bits per heavy atom. The molecule has 0 aliphatic rings. The summed E-state index contributed by atoms with van der Waals surface area (Å²) in [6.07, 6.45) is -3.88. The predicted molar refractivity (Wildman–Crippen MR) is 86.5 cm³/mol. The van der Waals surface area contributed by atoms with Gasteiger partial charge in [0.25, 0.3) is 5.91 Å². The molecule has 1 N–H and O–H groups in total. The Balaban J connectivity index is 2.23. The van der Waals surface area contributed by atoms with Gasteiger partial charge in [0.05, 0.1) is 32.5 Å². The number of nitrogens with zero attached hydrogens (tertiary/aromatic N) is 1. The van der Waals surface area contributed by atoms with Gasteiger partial charge in [0.2, 0.25) is 5.88 Å². The van der Waals surface area contributed by atoms with Crippen LogP contribution in [0.1, 0.15) is 21.5 Å². The van der Waals surface area contributed by atoms with Crippen LogP contribution in [0.15, 0.2) is 30.5 Å². The standard InChI is InChI=1S/C17H17F3N2O4/c1-24-11-4-10(5-12(6-11)25-2)8-22-16(23)13-9-21-15(26-3)7-14(13)17(18,19)20/h4-7,9H,8H2,1-3H3,(H,22,23). The van der Waals surface area contributed by atoms with Gasteiger partial charge in [-0.2, -0.15) is 13.2 Å². The van der Waals surface area contributed by atoms with Crippen molar-refractivity contribution >= 4 is 5.91 Å². The molecule has 0 unspecified atom stereocenters. The van der Waals surface area contributed by atoms with E-state index in [2.05, 4.69) is 10.3 Å². The minimum atomic E-state index is -4.72. The number of carbonyl (C=O) groups excluding carboxylic acids is 1. The van der Waals surface area contributed by atoms with E-state index in [0.29, 0.717) is 23.1 Å². The van der Waals surface area contributed by atoms with E-state index in [1.54, 1.807) is 18.2 Å². The normalized spacial score (nSPS) is 11.0. The summed E-state index contributed by atoms with van der Waals surface area (Å²) in [6, 6.07) is 5.60. The zero-order valence-electron chi connectivity index (χ0n) is 14.3. The highest BCUT2D eigenvalue weighted by Crippen LogP contribution is 2.33. The summed E-state index contributed by atoms with van der Waals surface area (Å²) in [5.41, 5.74) is -1.11. The molecule has 2 rings (SSSR count). The fraction of sp³-hybridized carbons (Fsp3) is 0.294. The molecular formula is C17H17F3N2O4. The molecule has 0 fully saturated rings. The minimum Gasteiger partial charge on any atom is -0.497 e. The van der Waals surface area contributed by atoms with Crippen molar-refractivity contribution in [1.29, 1.82) is 0 Å². The third-order valence-corrected chi connectivity index (χ3v) is 3.50. The van der Waals surface area contributed by atoms with Crippen LogP contribution in [0.4, 0.5) is 13.2 Å². The zero-order valence-corrected chi connectivity index (χ0v) is 14.3. The summed E-state index contributed by atoms with van der Waals surface area (Å²) in [5.74, 6) is -0.146. The maximum atomic E-state index is 13.2. The van der Waals surface area contributed by atoms with E-state index in [1.165, 1.54) is 21.3 Å². The quantitative estimate of drug-likeness (QED) is 0.846. The molecular weight excluding hydrogens is 353 g/mol. The number of pyridine rings is 1. The molecule has 1 aromatic heterocycles. The molecule has 0 atom stereocenters. The van der Waals surface area contributed by atoms with Crippen molar-refractivity contribution in [3.8, 4) is 17.4 Å². The summed E-state index contributed by atoms with van der Waals surface area (Å²) in [6.45, 7) is -0.0181. The van der Waals surface area contributed by atoms with Gasteiger partial charge in [-0.15, -0.1) is 0 Å². The molecule has 2 aromatic rings. The Kier molecular flexibility index (Phi) is 5.91. The average Bonchev–Trinajstić information content (AvgIpc) is 2.64. The number of nitrogens with one attached hydrogen (secondary N) is 1. The van der Waals surface area contributed by atoms with Crippen LogP contribution in [0.25, 0.3) is 0 Å². The van der Waals surface area contributed by atoms with Gasteiger partial charge < -0.3 is 19.5 Å². The molecule has 0 saturated heterocycles. The number of methoxy groups -OCH3 is 3. The fourth-order valence-corrected chi connectivity index (χ4v) is 2.21. The molecule has 0 aliphatic carbocycles. The summed E-state index contributed by atoms with van der Waals surface area (Å²) in [7, 11) is 4.13. The summed E-state index contributed by atoms with van der Waals surface area (Å²) in [5, 5.41) is 2.44. The molecule has 0 spiro atoms. The number of alkyl halides is 3. The first-order valence-electron chi connectivity index (χ1n) is 7.40. The van der Waals surface area contributed by atoms with Crippen molar-refractivity contribution in [2.45, 2.75) is 12.7 Å². The summed E-state index contributed by atoms with van der Waals surface area (Å²) in [4.78, 5) is 15.9. The molecule has 0 saturated carbocycles. The highest BCUT2D eigenvalue weighted by Gasteiger charge is 2.36. The van der Waals surface area contributed by atoms with Crippen molar-refractivity contribution in [2.75, 3.05) is 21.3 Å². The zero-order chi connectivity index (χ0) is 19.3. The lowest BCUT2D eigenvalue weighted by molar-refractivity contribution is -0.138. The van der Waals surface area contributed by atoms with Crippen LogP contribution in [-0.2, 0) is 12.7 Å². The van der Waals surface area contributed by atoms with Crippen molar-refractivity contribution in [3.05, 3.63) is 47.2 Å². The number of benzene rings is 1. The van der Waals surface area contributed by atoms with Gasteiger partial charge in [-0.25, -0.2) is 4.98 Å². The first-order chi connectivity index (χ1) is 12.3. The van der Waals surface area contributed by atoms with Crippen LogP contribution in [0, 0.1) is 0 Å². The first kappa shape index (κ1) is 19.4. The highest BCUT2D eigenvalue weighted by atomic mass is 19.4. The van der Waals surface area contributed by atoms with Crippen molar-refractivity contribution in [2.24, 2.45) is 0 Å². The molecule has 0 radical (unpaired) electrons. The van der Waals surface area contributed by atoms with Crippen LogP contribution in [0.5, 0.6) is 17.4 Å². The van der Waals surface area contributed by atoms with Crippen LogP contribution >= 0.6 is 0 Å². The molecule has 9 heteroatoms. The van der Waals surface area contributed by atoms with E-state index >= 15 is 0 Å². The lowest BCUT2D eigenvalue weighted by Crippen LogP contribution is -2.26. The Morgan fingerprint density at radius 3 is 2.15 bits per heavy atom. The van der Waals surface area contributed by atoms with Crippen molar-refractivity contribution in [1.82, 2.24) is 10.3 Å². The first-order valence-corrected chi connectivity index (χ1v) is 7.40. The molecule has 1 heterocycles. The van der Waals surface area contributed by atoms with Crippen LogP contribution in [0.2, 0.25) is 0 Å². The second-order valence-electron chi connectivity index (χ2n) is 5.17. The largest absolute Gasteiger partial charge is 0.497 e. The topological polar surface area (TPSA) is 69.7 Å². The van der Waals surface area contributed by atoms with Gasteiger partial charge in [0.15, 0.2) is 0 Å². The number of ether oxygens (including phenoxy) is 3. The second kappa shape index (κ2) is 7.94. The number of halogens is 3. The molecule has 26 heavy (non-hydrogen) atoms. The number of hydrogen-bond donors (Lipinski definition) is 1. The van der Waals surface area contributed by atoms with Gasteiger partial charge in [-0.1, -0.05) is 0 Å². The monoisotopic (exact) mass is 370 g/mol. The third-order valence-electron chi connectivity index (χ3n) is 3.50. The molecule has 1 amide bonds. The molecule has 6 nitrogen and oxygen atoms in total. The Morgan fingerprint density at radius 1 is 1.04 bits per heavy atom. The van der Waals surface area contributed by atoms with Crippen LogP contribution in [0.3, 0.4) is 0 Å². The van der Waals surface area contributed by atoms with E-state index in [9.17, 15) is 18.0 Å². The van der Waals surface area contributed by atoms with E-state index in [1.807, 2.05) is 0 Å². The highest BCUT2D eigenvalue weighted by molar-refractivity contribution is 5.95. The second-order valence-corrected chi connectivity index (χ2v) is 5.17. The predicted octanol–water partition coefficient (Wildman–Crippen LogP) is 3.06. The molecule has 1 aromatic carbocycles. The number of amides is 1. The Labute approximate surface area is 147 Å². The fourth-order valence-electron chi connectivity index (χ4n) is 2.21. The Hall–Kier alpha value is -2.97. The van der Waals surface area contributed by atoms with Gasteiger partial charge in [-0.05, 0) is 17.7 Å². The molecule has 140 valence electrons. The number of aromatic nitrogens is 1. The van der Waals surface area contributed by atoms with E-state index in [-0.39, 0.29) is 12.4 Å². The van der Waals surface area contributed by atoms with Crippen molar-refractivity contribution < 1.29 is 32.2 Å². The lowest BCUT2D eigenvalue weighted by Gasteiger charge is -2.14. The summed E-state index contributed by atoms with van der Waals surface area (Å²) < 4.78 is 54.5. The molecule has 0 bridgehead atoms. The van der Waals surface area contributed by atoms with E-state index in [4.69, 9.17) is 14.2 Å². The number of carbonyl (C=O) groups is 1. The average molecular weight is 370 g/mol. The lowest BCUT2D eigenvalue weighted by atomic mass is 10.1. The Bertz CT molecular complexity index is 772. The third kappa shape index (κ3) is 4.56. The van der Waals surface area contributed by atoms with Crippen LogP contribution < -0.4 is 19.5 Å². The van der Waals surface area contributed by atoms with E-state index in [0.717, 1.165) is 6.20 Å². The van der Waals surface area contributed by atoms with Gasteiger partial charge in [0.1, 0.15) is 11.5 Å². The van der Waals surface area contributed by atoms with Gasteiger partial charge in [-0.3, -0.25) is 4.79 Å². The SMILES string of the molecule is COc1cc(CNC(=O)c2cnc(OC)cc2C(F)(F)F)cc(OC)c1. The maximum absolute atomic E-state index is 13.2. The van der Waals surface area contributed by atoms with Gasteiger partial charge in [0, 0.05) is 24.9 Å². The van der Waals surface area contributed by atoms with E-state index < -0.39 is 23.2 Å². The smallest absolute Gasteiger partial charge is 0.417 e. The molecule has 0 aliphatic heterocycles. The summed E-state index contributed by atoms with van der Waals surface area (Å²) >= 11 is 0. The minimum absolute atomic E-state index is 0.0181. The maximum Gasteiger partial charge on any atom is 0.417 e. The van der Waals surface area contributed by atoms with Crippen molar-refractivity contribution in [3.63, 3.8) is 0 Å². The number of rotatable bonds is 6. The van der Waals surface area contributed by atoms with Crippen LogP contribution in [-0.4, -0.2) is 32.2 Å². The number of hydrogen-bond acceptors (Lipinski definition) is 5. The van der Waals surface area contributed by atoms with Gasteiger partial charge >= 0.3 is 6.18 Å².